The first-order chi connectivity index (χ1) is 15.8. The Hall–Kier alpha value is -1.78. The molecule has 5 rings (SSSR count). The number of carbonyl (C=O) groups excluding carboxylic acids is 1. The van der Waals surface area contributed by atoms with Gasteiger partial charge in [0.25, 0.3) is 0 Å². The average Bonchev–Trinajstić information content (AvgIpc) is 3.40. The lowest BCUT2D eigenvalue weighted by molar-refractivity contribution is -0.138. The number of sulfonamides is 1. The summed E-state index contributed by atoms with van der Waals surface area (Å²) in [6.45, 7) is 6.30. The fraction of sp³-hybridized carbons (Fsp3) is 0.696. The molecule has 1 atom stereocenters. The summed E-state index contributed by atoms with van der Waals surface area (Å²) in [6, 6.07) is 1.67. The molecule has 0 spiro atoms. The van der Waals surface area contributed by atoms with E-state index in [9.17, 15) is 13.2 Å². The van der Waals surface area contributed by atoms with Crippen LogP contribution in [-0.4, -0.2) is 59.8 Å². The lowest BCUT2D eigenvalue weighted by Crippen LogP contribution is -2.48. The van der Waals surface area contributed by atoms with Gasteiger partial charge in [0.15, 0.2) is 0 Å². The van der Waals surface area contributed by atoms with Gasteiger partial charge in [0.05, 0.1) is 15.7 Å². The summed E-state index contributed by atoms with van der Waals surface area (Å²) in [6.07, 6.45) is 6.81. The van der Waals surface area contributed by atoms with E-state index >= 15 is 0 Å². The maximum atomic E-state index is 13.6. The number of hydrogen-bond acceptors (Lipinski definition) is 7. The van der Waals surface area contributed by atoms with E-state index in [0.29, 0.717) is 46.3 Å². The highest BCUT2D eigenvalue weighted by Crippen LogP contribution is 2.38. The summed E-state index contributed by atoms with van der Waals surface area (Å²) < 4.78 is 34.0. The van der Waals surface area contributed by atoms with Gasteiger partial charge in [-0.05, 0) is 57.4 Å². The van der Waals surface area contributed by atoms with Crippen molar-refractivity contribution >= 4 is 27.3 Å². The summed E-state index contributed by atoms with van der Waals surface area (Å²) >= 11 is 1.37. The van der Waals surface area contributed by atoms with Crippen LogP contribution in [0.4, 0.5) is 0 Å². The molecular formula is C23H32N4O4S2. The highest BCUT2D eigenvalue weighted by atomic mass is 32.2. The zero-order valence-corrected chi connectivity index (χ0v) is 21.0. The maximum Gasteiger partial charge on any atom is 0.244 e. The Bertz CT molecular complexity index is 1110. The fourth-order valence-corrected chi connectivity index (χ4v) is 7.99. The number of nitrogens with zero attached hydrogens (tertiary/aromatic N) is 4. The minimum atomic E-state index is -3.70. The van der Waals surface area contributed by atoms with Crippen LogP contribution < -0.4 is 0 Å². The summed E-state index contributed by atoms with van der Waals surface area (Å²) in [4.78, 5) is 21.2. The minimum Gasteiger partial charge on any atom is -0.342 e. The molecule has 0 bridgehead atoms. The molecule has 2 aromatic rings. The number of amides is 1. The summed E-state index contributed by atoms with van der Waals surface area (Å²) in [5, 5.41) is 4.10. The van der Waals surface area contributed by atoms with E-state index in [1.807, 2.05) is 11.8 Å². The van der Waals surface area contributed by atoms with Crippen molar-refractivity contribution in [2.45, 2.75) is 69.6 Å². The Morgan fingerprint density at radius 3 is 2.58 bits per heavy atom. The van der Waals surface area contributed by atoms with Gasteiger partial charge >= 0.3 is 0 Å². The number of aryl methyl sites for hydroxylation is 1. The zero-order valence-electron chi connectivity index (χ0n) is 19.3. The molecular weight excluding hydrogens is 460 g/mol. The van der Waals surface area contributed by atoms with Gasteiger partial charge < -0.3 is 9.42 Å². The van der Waals surface area contributed by atoms with Gasteiger partial charge in [-0.15, -0.1) is 11.3 Å². The molecule has 2 saturated heterocycles. The third-order valence-corrected chi connectivity index (χ3v) is 10.6. The zero-order chi connectivity index (χ0) is 23.2. The van der Waals surface area contributed by atoms with Gasteiger partial charge in [0, 0.05) is 37.0 Å². The van der Waals surface area contributed by atoms with Crippen LogP contribution in [0.3, 0.4) is 0 Å². The van der Waals surface area contributed by atoms with E-state index in [4.69, 9.17) is 4.52 Å². The lowest BCUT2D eigenvalue weighted by Gasteiger charge is -2.36. The van der Waals surface area contributed by atoms with Crippen LogP contribution in [0.1, 0.15) is 68.6 Å². The van der Waals surface area contributed by atoms with E-state index in [-0.39, 0.29) is 23.3 Å². The summed E-state index contributed by atoms with van der Waals surface area (Å²) in [5.74, 6) is 1.94. The number of carbonyl (C=O) groups is 1. The molecule has 3 fully saturated rings. The molecule has 1 aliphatic carbocycles. The molecule has 33 heavy (non-hydrogen) atoms. The Labute approximate surface area is 199 Å². The second-order valence-electron chi connectivity index (χ2n) is 9.83. The Morgan fingerprint density at radius 1 is 1.12 bits per heavy atom. The monoisotopic (exact) mass is 492 g/mol. The van der Waals surface area contributed by atoms with Gasteiger partial charge in [-0.3, -0.25) is 4.79 Å². The van der Waals surface area contributed by atoms with Crippen molar-refractivity contribution in [3.63, 3.8) is 0 Å². The number of likely N-dealkylation sites (tertiary alicyclic amines) is 1. The van der Waals surface area contributed by atoms with Crippen molar-refractivity contribution in [2.24, 2.45) is 11.8 Å². The number of thiophene rings is 1. The third-order valence-electron chi connectivity index (χ3n) is 7.44. The molecule has 4 heterocycles. The number of hydrogen-bond donors (Lipinski definition) is 0. The van der Waals surface area contributed by atoms with Gasteiger partial charge in [-0.25, -0.2) is 8.42 Å². The molecule has 2 aromatic heterocycles. The largest absolute Gasteiger partial charge is 0.342 e. The van der Waals surface area contributed by atoms with Gasteiger partial charge in [0.1, 0.15) is 0 Å². The number of piperidine rings is 2. The topological polar surface area (TPSA) is 96.6 Å². The molecule has 10 heteroatoms. The van der Waals surface area contributed by atoms with Crippen LogP contribution in [0.5, 0.6) is 0 Å². The van der Waals surface area contributed by atoms with E-state index < -0.39 is 10.0 Å². The molecule has 8 nitrogen and oxygen atoms in total. The highest BCUT2D eigenvalue weighted by Gasteiger charge is 2.37. The van der Waals surface area contributed by atoms with E-state index in [0.717, 1.165) is 45.2 Å². The van der Waals surface area contributed by atoms with Crippen molar-refractivity contribution in [1.29, 1.82) is 0 Å². The van der Waals surface area contributed by atoms with Crippen molar-refractivity contribution in [1.82, 2.24) is 19.3 Å². The van der Waals surface area contributed by atoms with Gasteiger partial charge in [-0.1, -0.05) is 18.5 Å². The Balaban J connectivity index is 1.31. The minimum absolute atomic E-state index is 0.111. The maximum absolute atomic E-state index is 13.6. The van der Waals surface area contributed by atoms with Gasteiger partial charge in [-0.2, -0.15) is 9.29 Å². The average molecular weight is 493 g/mol. The second-order valence-corrected chi connectivity index (χ2v) is 13.0. The fourth-order valence-electron chi connectivity index (χ4n) is 4.98. The predicted octanol–water partition coefficient (Wildman–Crippen LogP) is 4.03. The van der Waals surface area contributed by atoms with Crippen LogP contribution in [0, 0.1) is 18.8 Å². The van der Waals surface area contributed by atoms with Crippen molar-refractivity contribution < 1.29 is 17.7 Å². The number of aromatic nitrogens is 2. The van der Waals surface area contributed by atoms with Crippen molar-refractivity contribution in [3.8, 4) is 10.7 Å². The Kier molecular flexibility index (Phi) is 6.35. The molecule has 1 saturated carbocycles. The number of rotatable bonds is 5. The molecule has 2 aliphatic heterocycles. The van der Waals surface area contributed by atoms with Gasteiger partial charge in [0.2, 0.25) is 27.6 Å². The first-order valence-electron chi connectivity index (χ1n) is 12.1. The van der Waals surface area contributed by atoms with E-state index in [1.54, 1.807) is 6.07 Å². The first kappa shape index (κ1) is 23.0. The summed E-state index contributed by atoms with van der Waals surface area (Å²) in [7, 11) is -3.70. The van der Waals surface area contributed by atoms with Crippen molar-refractivity contribution in [2.75, 3.05) is 26.2 Å². The molecule has 1 amide bonds. The van der Waals surface area contributed by atoms with Crippen molar-refractivity contribution in [3.05, 3.63) is 16.8 Å². The molecule has 3 aliphatic rings. The van der Waals surface area contributed by atoms with Crippen LogP contribution >= 0.6 is 11.3 Å². The SMILES string of the molecule is Cc1sc(-c2noc(C3CCC3)n2)cc1S(=O)(=O)N1CCC[C@@H](C(=O)N2CCC(C)CC2)C1. The summed E-state index contributed by atoms with van der Waals surface area (Å²) in [5.41, 5.74) is 0. The third kappa shape index (κ3) is 4.49. The molecule has 0 radical (unpaired) electrons. The smallest absolute Gasteiger partial charge is 0.244 e. The van der Waals surface area contributed by atoms with E-state index in [1.165, 1.54) is 22.1 Å². The highest BCUT2D eigenvalue weighted by molar-refractivity contribution is 7.89. The second kappa shape index (κ2) is 9.11. The lowest BCUT2D eigenvalue weighted by atomic mass is 9.85. The Morgan fingerprint density at radius 2 is 1.88 bits per heavy atom. The van der Waals surface area contributed by atoms with Crippen LogP contribution in [0.2, 0.25) is 0 Å². The molecule has 180 valence electrons. The standard InChI is InChI=1S/C23H32N4O4S2/c1-15-8-11-26(12-9-15)23(28)18-7-4-10-27(14-18)33(29,30)20-13-19(32-16(20)2)21-24-22(31-25-21)17-5-3-6-17/h13,15,17-18H,3-12,14H2,1-2H3/t18-/m1/s1. The van der Waals surface area contributed by atoms with Crippen LogP contribution in [-0.2, 0) is 14.8 Å². The molecule has 0 aromatic carbocycles. The quantitative estimate of drug-likeness (QED) is 0.625. The first-order valence-corrected chi connectivity index (χ1v) is 14.3. The molecule has 0 N–H and O–H groups in total. The van der Waals surface area contributed by atoms with E-state index in [2.05, 4.69) is 17.1 Å². The normalized spacial score (nSPS) is 23.6. The van der Waals surface area contributed by atoms with Crippen LogP contribution in [0.15, 0.2) is 15.5 Å². The van der Waals surface area contributed by atoms with Crippen LogP contribution in [0.25, 0.3) is 10.7 Å². The molecule has 0 unspecified atom stereocenters. The predicted molar refractivity (Wildman–Crippen MR) is 125 cm³/mol.